The van der Waals surface area contributed by atoms with E-state index < -0.39 is 21.2 Å². The normalized spacial score (nSPS) is 34.6. The van der Waals surface area contributed by atoms with Crippen molar-refractivity contribution in [3.63, 3.8) is 0 Å². The number of benzene rings is 2. The van der Waals surface area contributed by atoms with Crippen LogP contribution in [0, 0.1) is 23.7 Å². The SMILES string of the molecule is C=S1(=O)NC(=O)c2ccc3c(c2)N(C[C@@H]2CC[C@H]2[C@@](CC(=O)N2CCC(C)CC2)(OC)/C=C/C[C@H](C)[C@H]1C)C[C@@]1(CCCc2cc(Cl)ccc21)CO3. The number of aryl methyl sites for hydroxylation is 1. The molecule has 3 heterocycles. The lowest BCUT2D eigenvalue weighted by Gasteiger charge is -2.51. The monoisotopic (exact) mass is 749 g/mol. The van der Waals surface area contributed by atoms with Crippen molar-refractivity contribution < 1.29 is 23.3 Å². The number of piperidine rings is 1. The minimum Gasteiger partial charge on any atom is -0.490 e. The third-order valence-corrected chi connectivity index (χ3v) is 15.8. The number of nitrogens with one attached hydrogen (secondary N) is 1. The predicted molar refractivity (Wildman–Crippen MR) is 211 cm³/mol. The third kappa shape index (κ3) is 7.14. The van der Waals surface area contributed by atoms with Crippen LogP contribution >= 0.6 is 11.6 Å². The topological polar surface area (TPSA) is 88.2 Å². The van der Waals surface area contributed by atoms with Gasteiger partial charge in [0.05, 0.1) is 34.0 Å². The minimum absolute atomic E-state index is 0.0409. The maximum absolute atomic E-state index is 14.1. The van der Waals surface area contributed by atoms with Crippen LogP contribution in [0.1, 0.15) is 93.6 Å². The van der Waals surface area contributed by atoms with Gasteiger partial charge in [0.25, 0.3) is 5.91 Å². The van der Waals surface area contributed by atoms with E-state index in [0.717, 1.165) is 81.0 Å². The first-order valence-electron chi connectivity index (χ1n) is 19.3. The van der Waals surface area contributed by atoms with Gasteiger partial charge in [0.15, 0.2) is 0 Å². The van der Waals surface area contributed by atoms with Gasteiger partial charge in [-0.1, -0.05) is 43.7 Å². The van der Waals surface area contributed by atoms with E-state index in [-0.39, 0.29) is 34.3 Å². The molecule has 2 aliphatic carbocycles. The van der Waals surface area contributed by atoms with E-state index in [2.05, 4.69) is 46.7 Å². The number of carbonyl (C=O) groups is 2. The summed E-state index contributed by atoms with van der Waals surface area (Å²) in [6, 6.07) is 11.8. The van der Waals surface area contributed by atoms with Gasteiger partial charge in [0, 0.05) is 54.5 Å². The van der Waals surface area contributed by atoms with Crippen molar-refractivity contribution in [2.24, 2.45) is 23.7 Å². The Kier molecular flexibility index (Phi) is 10.5. The number of likely N-dealkylation sites (tertiary alicyclic amines) is 1. The van der Waals surface area contributed by atoms with Crippen molar-refractivity contribution in [3.05, 3.63) is 70.3 Å². The summed E-state index contributed by atoms with van der Waals surface area (Å²) in [6.07, 6.45) is 12.2. The fraction of sp³-hybridized carbons (Fsp3) is 0.595. The molecule has 1 N–H and O–H groups in total. The highest BCUT2D eigenvalue weighted by atomic mass is 35.5. The van der Waals surface area contributed by atoms with E-state index >= 15 is 0 Å². The summed E-state index contributed by atoms with van der Waals surface area (Å²) >= 11 is 6.50. The van der Waals surface area contributed by atoms with E-state index in [1.807, 2.05) is 36.9 Å². The number of rotatable bonds is 3. The van der Waals surface area contributed by atoms with Crippen molar-refractivity contribution >= 4 is 44.7 Å². The molecule has 2 aromatic rings. The second-order valence-electron chi connectivity index (χ2n) is 16.6. The lowest BCUT2D eigenvalue weighted by Crippen LogP contribution is -2.54. The first kappa shape index (κ1) is 37.3. The third-order valence-electron chi connectivity index (χ3n) is 13.3. The van der Waals surface area contributed by atoms with Crippen LogP contribution in [0.25, 0.3) is 0 Å². The molecule has 8 nitrogen and oxygen atoms in total. The molecule has 2 bridgehead atoms. The molecule has 2 fully saturated rings. The molecule has 7 rings (SSSR count). The number of ether oxygens (including phenoxy) is 2. The molecule has 2 amide bonds. The molecule has 5 aliphatic rings. The van der Waals surface area contributed by atoms with Gasteiger partial charge in [-0.05, 0) is 129 Å². The van der Waals surface area contributed by atoms with Crippen LogP contribution in [0.4, 0.5) is 5.69 Å². The zero-order valence-corrected chi connectivity index (χ0v) is 32.9. The Labute approximate surface area is 315 Å². The number of nitrogens with zero attached hydrogens (tertiary/aromatic N) is 2. The number of anilines is 1. The van der Waals surface area contributed by atoms with Crippen molar-refractivity contribution in [2.75, 3.05) is 44.8 Å². The summed E-state index contributed by atoms with van der Waals surface area (Å²) in [5, 5.41) is 0.356. The van der Waals surface area contributed by atoms with Crippen LogP contribution in [0.3, 0.4) is 0 Å². The lowest BCUT2D eigenvalue weighted by molar-refractivity contribution is -0.144. The summed E-state index contributed by atoms with van der Waals surface area (Å²) in [4.78, 5) is 32.3. The number of halogens is 1. The molecule has 1 spiro atoms. The summed E-state index contributed by atoms with van der Waals surface area (Å²) in [5.41, 5.74) is 2.79. The van der Waals surface area contributed by atoms with Gasteiger partial charge in [0.2, 0.25) is 5.91 Å². The second-order valence-corrected chi connectivity index (χ2v) is 19.4. The molecular formula is C42H56ClN3O5S. The number of amides is 2. The van der Waals surface area contributed by atoms with Gasteiger partial charge >= 0.3 is 0 Å². The molecular weight excluding hydrogens is 694 g/mol. The Hall–Kier alpha value is -3.01. The van der Waals surface area contributed by atoms with Gasteiger partial charge in [-0.15, -0.1) is 0 Å². The van der Waals surface area contributed by atoms with Gasteiger partial charge < -0.3 is 19.3 Å². The Morgan fingerprint density at radius 2 is 1.90 bits per heavy atom. The summed E-state index contributed by atoms with van der Waals surface area (Å²) in [5.74, 6) is 5.48. The van der Waals surface area contributed by atoms with E-state index in [9.17, 15) is 13.8 Å². The van der Waals surface area contributed by atoms with Crippen molar-refractivity contribution in [2.45, 2.75) is 94.8 Å². The van der Waals surface area contributed by atoms with Gasteiger partial charge in [-0.3, -0.25) is 14.3 Å². The highest BCUT2D eigenvalue weighted by Crippen LogP contribution is 2.50. The fourth-order valence-electron chi connectivity index (χ4n) is 9.54. The zero-order valence-electron chi connectivity index (χ0n) is 31.3. The number of allylic oxidation sites excluding steroid dienone is 1. The van der Waals surface area contributed by atoms with Crippen LogP contribution < -0.4 is 14.4 Å². The molecule has 1 saturated heterocycles. The molecule has 282 valence electrons. The van der Waals surface area contributed by atoms with Crippen LogP contribution in [0.15, 0.2) is 48.6 Å². The number of fused-ring (bicyclic) bond motifs is 4. The Morgan fingerprint density at radius 1 is 1.12 bits per heavy atom. The molecule has 10 heteroatoms. The molecule has 7 atom stereocenters. The van der Waals surface area contributed by atoms with E-state index in [0.29, 0.717) is 37.5 Å². The minimum atomic E-state index is -3.00. The standard InChI is InChI=1S/C42H56ClN3O5S/c1-28-16-20-45(21-17-28)39(47)24-42(50-4)19-6-8-29(2)30(3)52(5,49)44-40(48)32-11-15-38-37(23-32)46(25-33-10-13-36(33)42)26-41(27-51-38)18-7-9-31-22-34(43)12-14-35(31)41/h6,11-12,14-15,19,22-23,28-30,33,36H,5,7-10,13,16-18,20-21,24-27H2,1-4H3,(H,44,48,49)/b19-6+/t29-,30+,33-,36+,41-,42+,52?/m0/s1. The Balaban J connectivity index is 1.30. The number of hydrogen-bond donors (Lipinski definition) is 1. The van der Waals surface area contributed by atoms with Crippen molar-refractivity contribution in [1.29, 1.82) is 0 Å². The van der Waals surface area contributed by atoms with Crippen LogP contribution in [-0.2, 0) is 31.1 Å². The average Bonchev–Trinajstić information content (AvgIpc) is 3.25. The largest absolute Gasteiger partial charge is 0.490 e. The van der Waals surface area contributed by atoms with Crippen molar-refractivity contribution in [3.8, 4) is 5.75 Å². The highest BCUT2D eigenvalue weighted by molar-refractivity contribution is 7.99. The number of hydrogen-bond acceptors (Lipinski definition) is 6. The summed E-state index contributed by atoms with van der Waals surface area (Å²) in [7, 11) is -1.24. The quantitative estimate of drug-likeness (QED) is 0.264. The van der Waals surface area contributed by atoms with E-state index in [1.165, 1.54) is 11.1 Å². The van der Waals surface area contributed by atoms with Crippen LogP contribution in [0.5, 0.6) is 5.75 Å². The van der Waals surface area contributed by atoms with Gasteiger partial charge in [0.1, 0.15) is 5.75 Å². The summed E-state index contributed by atoms with van der Waals surface area (Å²) < 4.78 is 30.1. The van der Waals surface area contributed by atoms with E-state index in [4.69, 9.17) is 21.1 Å². The zero-order chi connectivity index (χ0) is 36.8. The van der Waals surface area contributed by atoms with Gasteiger partial charge in [-0.2, -0.15) is 0 Å². The molecule has 0 aromatic heterocycles. The molecule has 52 heavy (non-hydrogen) atoms. The molecule has 2 aromatic carbocycles. The Bertz CT molecular complexity index is 1820. The highest BCUT2D eigenvalue weighted by Gasteiger charge is 2.50. The average molecular weight is 750 g/mol. The van der Waals surface area contributed by atoms with Crippen molar-refractivity contribution in [1.82, 2.24) is 9.62 Å². The molecule has 1 unspecified atom stereocenters. The second kappa shape index (κ2) is 14.7. The fourth-order valence-corrected chi connectivity index (χ4v) is 11.2. The molecule has 0 radical (unpaired) electrons. The molecule has 1 saturated carbocycles. The van der Waals surface area contributed by atoms with Gasteiger partial charge in [-0.25, -0.2) is 4.21 Å². The van der Waals surface area contributed by atoms with Crippen LogP contribution in [0.2, 0.25) is 5.02 Å². The Morgan fingerprint density at radius 3 is 2.63 bits per heavy atom. The number of methoxy groups -OCH3 is 1. The van der Waals surface area contributed by atoms with Crippen LogP contribution in [-0.4, -0.2) is 77.5 Å². The maximum Gasteiger partial charge on any atom is 0.262 e. The predicted octanol–water partition coefficient (Wildman–Crippen LogP) is 7.22. The lowest BCUT2D eigenvalue weighted by atomic mass is 9.62. The first-order chi connectivity index (χ1) is 24.8. The maximum atomic E-state index is 14.1. The van der Waals surface area contributed by atoms with E-state index in [1.54, 1.807) is 13.2 Å². The first-order valence-corrected chi connectivity index (χ1v) is 21.5. The molecule has 3 aliphatic heterocycles. The summed E-state index contributed by atoms with van der Waals surface area (Å²) in [6.45, 7) is 9.73. The number of carbonyl (C=O) groups excluding carboxylic acids is 2. The smallest absolute Gasteiger partial charge is 0.262 e.